The van der Waals surface area contributed by atoms with E-state index in [1.165, 1.54) is 27.8 Å². The van der Waals surface area contributed by atoms with E-state index in [0.29, 0.717) is 4.88 Å². The van der Waals surface area contributed by atoms with Crippen molar-refractivity contribution in [2.45, 2.75) is 19.1 Å². The van der Waals surface area contributed by atoms with Crippen LogP contribution in [0.25, 0.3) is 0 Å². The van der Waals surface area contributed by atoms with Crippen LogP contribution in [0.1, 0.15) is 31.2 Å². The van der Waals surface area contributed by atoms with Gasteiger partial charge in [0.15, 0.2) is 0 Å². The summed E-state index contributed by atoms with van der Waals surface area (Å²) in [6.45, 7) is 1.87. The lowest BCUT2D eigenvalue weighted by atomic mass is 10.1. The van der Waals surface area contributed by atoms with E-state index in [2.05, 4.69) is 0 Å². The number of thioether (sulfide) groups is 1. The molecule has 4 heteroatoms. The van der Waals surface area contributed by atoms with E-state index in [9.17, 15) is 9.18 Å². The number of halogens is 1. The highest BCUT2D eigenvalue weighted by molar-refractivity contribution is 7.98. The van der Waals surface area contributed by atoms with Gasteiger partial charge in [-0.15, -0.1) is 11.3 Å². The van der Waals surface area contributed by atoms with Gasteiger partial charge in [-0.1, -0.05) is 11.6 Å². The summed E-state index contributed by atoms with van der Waals surface area (Å²) in [7, 11) is 0. The standard InChI is InChI=1S/C15H13FOS2/c1-9-2-3-12(16)11(6-9)15(17)14-7-10-8-18-5-4-13(10)19-14/h2-3,6-7H,4-5,8H2,1H3. The van der Waals surface area contributed by atoms with E-state index in [-0.39, 0.29) is 11.3 Å². The van der Waals surface area contributed by atoms with E-state index in [1.54, 1.807) is 12.1 Å². The number of thiophene rings is 1. The highest BCUT2D eigenvalue weighted by atomic mass is 32.2. The van der Waals surface area contributed by atoms with E-state index >= 15 is 0 Å². The number of hydrogen-bond acceptors (Lipinski definition) is 3. The lowest BCUT2D eigenvalue weighted by Gasteiger charge is -2.08. The number of ketones is 1. The molecule has 0 N–H and O–H groups in total. The highest BCUT2D eigenvalue weighted by Gasteiger charge is 2.20. The normalized spacial score (nSPS) is 14.2. The molecule has 2 aromatic rings. The maximum absolute atomic E-state index is 13.8. The minimum atomic E-state index is -0.434. The Labute approximate surface area is 119 Å². The summed E-state index contributed by atoms with van der Waals surface area (Å²) in [5.41, 5.74) is 2.34. The predicted octanol–water partition coefficient (Wildman–Crippen LogP) is 4.22. The fourth-order valence-electron chi connectivity index (χ4n) is 2.20. The van der Waals surface area contributed by atoms with Crippen LogP contribution in [0.4, 0.5) is 4.39 Å². The second kappa shape index (κ2) is 5.10. The zero-order chi connectivity index (χ0) is 13.4. The number of carbonyl (C=O) groups excluding carboxylic acids is 1. The average molecular weight is 292 g/mol. The van der Waals surface area contributed by atoms with Gasteiger partial charge in [-0.25, -0.2) is 4.39 Å². The van der Waals surface area contributed by atoms with Crippen molar-refractivity contribution in [1.29, 1.82) is 0 Å². The summed E-state index contributed by atoms with van der Waals surface area (Å²) in [6.07, 6.45) is 1.02. The predicted molar refractivity (Wildman–Crippen MR) is 78.8 cm³/mol. The van der Waals surface area contributed by atoms with Gasteiger partial charge in [0.25, 0.3) is 0 Å². The smallest absolute Gasteiger partial charge is 0.205 e. The van der Waals surface area contributed by atoms with Crippen molar-refractivity contribution in [2.24, 2.45) is 0 Å². The third-order valence-electron chi connectivity index (χ3n) is 3.22. The molecular weight excluding hydrogens is 279 g/mol. The zero-order valence-electron chi connectivity index (χ0n) is 10.5. The Morgan fingerprint density at radius 3 is 2.95 bits per heavy atom. The maximum Gasteiger partial charge on any atom is 0.205 e. The molecule has 0 saturated heterocycles. The van der Waals surface area contributed by atoms with Crippen LogP contribution in [-0.4, -0.2) is 11.5 Å². The summed E-state index contributed by atoms with van der Waals surface area (Å²) in [6, 6.07) is 6.62. The monoisotopic (exact) mass is 292 g/mol. The fourth-order valence-corrected chi connectivity index (χ4v) is 4.53. The number of rotatable bonds is 2. The minimum Gasteiger partial charge on any atom is -0.288 e. The molecule has 0 unspecified atom stereocenters. The number of benzene rings is 1. The lowest BCUT2D eigenvalue weighted by Crippen LogP contribution is -2.02. The Hall–Kier alpha value is -1.13. The topological polar surface area (TPSA) is 17.1 Å². The van der Waals surface area contributed by atoms with Crippen molar-refractivity contribution in [3.63, 3.8) is 0 Å². The number of fused-ring (bicyclic) bond motifs is 1. The van der Waals surface area contributed by atoms with Crippen LogP contribution >= 0.6 is 23.1 Å². The van der Waals surface area contributed by atoms with Crippen molar-refractivity contribution in [3.05, 3.63) is 56.5 Å². The molecule has 0 atom stereocenters. The molecule has 3 rings (SSSR count). The van der Waals surface area contributed by atoms with E-state index < -0.39 is 5.82 Å². The van der Waals surface area contributed by atoms with Crippen molar-refractivity contribution < 1.29 is 9.18 Å². The van der Waals surface area contributed by atoms with Gasteiger partial charge in [0.05, 0.1) is 10.4 Å². The summed E-state index contributed by atoms with van der Waals surface area (Å²) < 4.78 is 13.8. The van der Waals surface area contributed by atoms with Crippen LogP contribution in [-0.2, 0) is 12.2 Å². The van der Waals surface area contributed by atoms with Crippen LogP contribution in [0.5, 0.6) is 0 Å². The molecule has 1 aromatic heterocycles. The summed E-state index contributed by atoms with van der Waals surface area (Å²) in [5.74, 6) is 1.46. The SMILES string of the molecule is Cc1ccc(F)c(C(=O)c2cc3c(s2)CCSC3)c1. The van der Waals surface area contributed by atoms with Gasteiger partial charge in [0.1, 0.15) is 5.82 Å². The number of hydrogen-bond donors (Lipinski definition) is 0. The van der Waals surface area contributed by atoms with Crippen LogP contribution in [0.15, 0.2) is 24.3 Å². The number of aryl methyl sites for hydroxylation is 2. The molecule has 2 heterocycles. The molecule has 0 aliphatic carbocycles. The molecule has 1 aliphatic heterocycles. The van der Waals surface area contributed by atoms with Crippen LogP contribution in [0.3, 0.4) is 0 Å². The Morgan fingerprint density at radius 2 is 2.16 bits per heavy atom. The molecule has 1 aromatic carbocycles. The fraction of sp³-hybridized carbons (Fsp3) is 0.267. The van der Waals surface area contributed by atoms with Crippen LogP contribution in [0, 0.1) is 12.7 Å². The van der Waals surface area contributed by atoms with Gasteiger partial charge in [0, 0.05) is 10.6 Å². The average Bonchev–Trinajstić information content (AvgIpc) is 2.84. The molecule has 1 aliphatic rings. The van der Waals surface area contributed by atoms with Gasteiger partial charge in [-0.05, 0) is 42.9 Å². The van der Waals surface area contributed by atoms with E-state index in [0.717, 1.165) is 23.5 Å². The summed E-state index contributed by atoms with van der Waals surface area (Å²) in [4.78, 5) is 14.4. The van der Waals surface area contributed by atoms with Crippen LogP contribution in [0.2, 0.25) is 0 Å². The quantitative estimate of drug-likeness (QED) is 0.771. The van der Waals surface area contributed by atoms with Gasteiger partial charge in [-0.2, -0.15) is 11.8 Å². The third-order valence-corrected chi connectivity index (χ3v) is 5.46. The highest BCUT2D eigenvalue weighted by Crippen LogP contribution is 2.33. The van der Waals surface area contributed by atoms with Crippen molar-refractivity contribution in [3.8, 4) is 0 Å². The summed E-state index contributed by atoms with van der Waals surface area (Å²) in [5, 5.41) is 0. The molecule has 98 valence electrons. The third kappa shape index (κ3) is 2.47. The molecule has 0 saturated carbocycles. The second-order valence-electron chi connectivity index (χ2n) is 4.67. The summed E-state index contributed by atoms with van der Waals surface area (Å²) >= 11 is 3.41. The molecule has 0 amide bonds. The Kier molecular flexibility index (Phi) is 3.46. The lowest BCUT2D eigenvalue weighted by molar-refractivity contribution is 0.103. The molecule has 1 nitrogen and oxygen atoms in total. The molecule has 19 heavy (non-hydrogen) atoms. The molecule has 0 bridgehead atoms. The van der Waals surface area contributed by atoms with Gasteiger partial charge in [0.2, 0.25) is 5.78 Å². The first-order valence-corrected chi connectivity index (χ1v) is 8.12. The molecule has 0 radical (unpaired) electrons. The Balaban J connectivity index is 1.99. The Morgan fingerprint density at radius 1 is 1.32 bits per heavy atom. The van der Waals surface area contributed by atoms with Gasteiger partial charge >= 0.3 is 0 Å². The minimum absolute atomic E-state index is 0.186. The maximum atomic E-state index is 13.8. The Bertz CT molecular complexity index is 622. The zero-order valence-corrected chi connectivity index (χ0v) is 12.2. The molecule has 0 fully saturated rings. The van der Waals surface area contributed by atoms with E-state index in [1.807, 2.05) is 24.8 Å². The van der Waals surface area contributed by atoms with Crippen molar-refractivity contribution in [1.82, 2.24) is 0 Å². The first-order valence-electron chi connectivity index (χ1n) is 6.15. The van der Waals surface area contributed by atoms with Gasteiger partial charge < -0.3 is 0 Å². The molecular formula is C15H13FOS2. The van der Waals surface area contributed by atoms with Crippen molar-refractivity contribution >= 4 is 28.9 Å². The van der Waals surface area contributed by atoms with E-state index in [4.69, 9.17) is 0 Å². The van der Waals surface area contributed by atoms with Gasteiger partial charge in [-0.3, -0.25) is 4.79 Å². The largest absolute Gasteiger partial charge is 0.288 e. The first kappa shape index (κ1) is 12.9. The first-order chi connectivity index (χ1) is 9.15. The number of carbonyl (C=O) groups is 1. The molecule has 0 spiro atoms. The second-order valence-corrected chi connectivity index (χ2v) is 6.92. The van der Waals surface area contributed by atoms with Crippen molar-refractivity contribution in [2.75, 3.05) is 5.75 Å². The van der Waals surface area contributed by atoms with Crippen LogP contribution < -0.4 is 0 Å².